The summed E-state index contributed by atoms with van der Waals surface area (Å²) >= 11 is 5.12. The van der Waals surface area contributed by atoms with Gasteiger partial charge in [0.15, 0.2) is 0 Å². The van der Waals surface area contributed by atoms with E-state index < -0.39 is 0 Å². The molecule has 0 spiro atoms. The van der Waals surface area contributed by atoms with Gasteiger partial charge in [0.25, 0.3) is 0 Å². The molecular formula is C18H22BrS. The molecule has 20 heavy (non-hydrogen) atoms. The summed E-state index contributed by atoms with van der Waals surface area (Å²) in [5, 5.41) is 3.20. The van der Waals surface area contributed by atoms with Crippen LogP contribution in [-0.4, -0.2) is 0 Å². The molecule has 0 aliphatic rings. The summed E-state index contributed by atoms with van der Waals surface area (Å²) in [6.45, 7) is 2.27. The normalized spacial score (nSPS) is 10.9. The zero-order valence-corrected chi connectivity index (χ0v) is 14.5. The van der Waals surface area contributed by atoms with Gasteiger partial charge in [-0.1, -0.05) is 63.3 Å². The number of rotatable bonds is 8. The standard InChI is InChI=1S/C18H22BrS/c1-2-3-4-5-6-7-8-15-9-11-16(12-10-15)18-13-17(19)14-20-18/h9-13H,2-8H2,1H3. The Morgan fingerprint density at radius 1 is 1.00 bits per heavy atom. The molecule has 1 radical (unpaired) electrons. The van der Waals surface area contributed by atoms with Crippen molar-refractivity contribution in [1.29, 1.82) is 0 Å². The van der Waals surface area contributed by atoms with E-state index in [-0.39, 0.29) is 0 Å². The number of halogens is 1. The second-order valence-corrected chi connectivity index (χ2v) is 6.98. The maximum atomic E-state index is 3.46. The van der Waals surface area contributed by atoms with Gasteiger partial charge in [0.05, 0.1) is 5.38 Å². The maximum absolute atomic E-state index is 3.46. The van der Waals surface area contributed by atoms with Crippen molar-refractivity contribution < 1.29 is 0 Å². The first-order valence-electron chi connectivity index (χ1n) is 7.56. The summed E-state index contributed by atoms with van der Waals surface area (Å²) in [4.78, 5) is 1.28. The molecule has 1 heterocycles. The number of benzene rings is 1. The van der Waals surface area contributed by atoms with E-state index in [1.54, 1.807) is 11.3 Å². The monoisotopic (exact) mass is 349 g/mol. The van der Waals surface area contributed by atoms with Crippen molar-refractivity contribution in [3.63, 3.8) is 0 Å². The van der Waals surface area contributed by atoms with Crippen LogP contribution in [-0.2, 0) is 6.42 Å². The smallest absolute Gasteiger partial charge is 0.0602 e. The lowest BCUT2D eigenvalue weighted by atomic mass is 10.0. The van der Waals surface area contributed by atoms with Crippen molar-refractivity contribution in [2.24, 2.45) is 0 Å². The molecule has 1 aromatic heterocycles. The number of unbranched alkanes of at least 4 members (excludes halogenated alkanes) is 5. The molecule has 2 aromatic rings. The Hall–Kier alpha value is -0.600. The van der Waals surface area contributed by atoms with Crippen LogP contribution in [0.1, 0.15) is 51.0 Å². The van der Waals surface area contributed by atoms with Gasteiger partial charge in [0.1, 0.15) is 0 Å². The summed E-state index contributed by atoms with van der Waals surface area (Å²) in [7, 11) is 0. The highest BCUT2D eigenvalue weighted by molar-refractivity contribution is 9.10. The van der Waals surface area contributed by atoms with Crippen molar-refractivity contribution in [3.05, 3.63) is 45.7 Å². The van der Waals surface area contributed by atoms with Gasteiger partial charge in [-0.05, 0) is 46.0 Å². The molecule has 0 amide bonds. The molecule has 0 unspecified atom stereocenters. The third kappa shape index (κ3) is 5.06. The van der Waals surface area contributed by atoms with Crippen LogP contribution in [0.25, 0.3) is 10.4 Å². The second kappa shape index (κ2) is 8.63. The van der Waals surface area contributed by atoms with Gasteiger partial charge < -0.3 is 0 Å². The van der Waals surface area contributed by atoms with Crippen LogP contribution in [0.3, 0.4) is 0 Å². The summed E-state index contributed by atoms with van der Waals surface area (Å²) in [5.74, 6) is 0. The van der Waals surface area contributed by atoms with E-state index in [2.05, 4.69) is 58.6 Å². The molecule has 0 N–H and O–H groups in total. The fourth-order valence-corrected chi connectivity index (χ4v) is 3.69. The Balaban J connectivity index is 1.77. The quantitative estimate of drug-likeness (QED) is 0.455. The molecule has 0 saturated heterocycles. The molecule has 0 bridgehead atoms. The van der Waals surface area contributed by atoms with Crippen molar-refractivity contribution in [2.75, 3.05) is 0 Å². The lowest BCUT2D eigenvalue weighted by Crippen LogP contribution is -1.86. The Labute approximate surface area is 135 Å². The van der Waals surface area contributed by atoms with Crippen molar-refractivity contribution in [3.8, 4) is 10.4 Å². The number of thiophene rings is 1. The average molecular weight is 350 g/mol. The maximum Gasteiger partial charge on any atom is 0.0602 e. The summed E-state index contributed by atoms with van der Waals surface area (Å²) in [6.07, 6.45) is 9.42. The van der Waals surface area contributed by atoms with E-state index in [0.717, 1.165) is 4.47 Å². The fraction of sp³-hybridized carbons (Fsp3) is 0.444. The first-order valence-corrected chi connectivity index (χ1v) is 9.17. The van der Waals surface area contributed by atoms with Gasteiger partial charge in [0.2, 0.25) is 0 Å². The Morgan fingerprint density at radius 3 is 2.35 bits per heavy atom. The topological polar surface area (TPSA) is 0 Å². The molecular weight excluding hydrogens is 328 g/mol. The summed E-state index contributed by atoms with van der Waals surface area (Å²) < 4.78 is 1.05. The van der Waals surface area contributed by atoms with E-state index >= 15 is 0 Å². The molecule has 0 aliphatic heterocycles. The molecule has 0 aliphatic carbocycles. The molecule has 0 saturated carbocycles. The summed E-state index contributed by atoms with van der Waals surface area (Å²) in [6, 6.07) is 11.1. The largest absolute Gasteiger partial charge is 0.133 e. The van der Waals surface area contributed by atoms with Crippen LogP contribution in [0.5, 0.6) is 0 Å². The molecule has 2 heteroatoms. The van der Waals surface area contributed by atoms with Crippen molar-refractivity contribution in [1.82, 2.24) is 0 Å². The van der Waals surface area contributed by atoms with E-state index in [4.69, 9.17) is 0 Å². The van der Waals surface area contributed by atoms with Crippen LogP contribution in [0.4, 0.5) is 0 Å². The van der Waals surface area contributed by atoms with Crippen LogP contribution in [0.2, 0.25) is 0 Å². The minimum atomic E-state index is 1.05. The lowest BCUT2D eigenvalue weighted by molar-refractivity contribution is 0.607. The number of hydrogen-bond acceptors (Lipinski definition) is 1. The van der Waals surface area contributed by atoms with Gasteiger partial charge in [0, 0.05) is 9.35 Å². The molecule has 107 valence electrons. The van der Waals surface area contributed by atoms with Gasteiger partial charge in [-0.25, -0.2) is 0 Å². The minimum Gasteiger partial charge on any atom is -0.133 e. The highest BCUT2D eigenvalue weighted by Gasteiger charge is 2.02. The zero-order valence-electron chi connectivity index (χ0n) is 12.1. The van der Waals surface area contributed by atoms with E-state index in [1.165, 1.54) is 60.9 Å². The van der Waals surface area contributed by atoms with Gasteiger partial charge in [-0.3, -0.25) is 0 Å². The van der Waals surface area contributed by atoms with Crippen molar-refractivity contribution >= 4 is 27.3 Å². The zero-order chi connectivity index (χ0) is 14.2. The Kier molecular flexibility index (Phi) is 6.81. The second-order valence-electron chi connectivity index (χ2n) is 5.28. The van der Waals surface area contributed by atoms with E-state index in [9.17, 15) is 0 Å². The molecule has 0 nitrogen and oxygen atoms in total. The highest BCUT2D eigenvalue weighted by Crippen LogP contribution is 2.29. The predicted octanol–water partition coefficient (Wildman–Crippen LogP) is 6.88. The molecule has 0 fully saturated rings. The van der Waals surface area contributed by atoms with Crippen LogP contribution >= 0.6 is 27.3 Å². The fourth-order valence-electron chi connectivity index (χ4n) is 2.37. The predicted molar refractivity (Wildman–Crippen MR) is 93.4 cm³/mol. The van der Waals surface area contributed by atoms with Crippen LogP contribution in [0.15, 0.2) is 34.8 Å². The third-order valence-corrected chi connectivity index (χ3v) is 5.16. The average Bonchev–Trinajstić information content (AvgIpc) is 2.90. The first kappa shape index (κ1) is 15.8. The number of aryl methyl sites for hydroxylation is 1. The molecule has 2 rings (SSSR count). The lowest BCUT2D eigenvalue weighted by Gasteiger charge is -2.03. The Bertz CT molecular complexity index is 498. The summed E-state index contributed by atoms with van der Waals surface area (Å²) in [5.41, 5.74) is 2.76. The van der Waals surface area contributed by atoms with E-state index in [1.807, 2.05) is 0 Å². The van der Waals surface area contributed by atoms with Gasteiger partial charge >= 0.3 is 0 Å². The molecule has 0 atom stereocenters. The Morgan fingerprint density at radius 2 is 1.70 bits per heavy atom. The highest BCUT2D eigenvalue weighted by atomic mass is 79.9. The van der Waals surface area contributed by atoms with Crippen LogP contribution in [0, 0.1) is 5.38 Å². The third-order valence-electron chi connectivity index (χ3n) is 3.57. The van der Waals surface area contributed by atoms with Crippen molar-refractivity contribution in [2.45, 2.75) is 51.9 Å². The van der Waals surface area contributed by atoms with Crippen LogP contribution < -0.4 is 0 Å². The SMILES string of the molecule is CCCCCCCCc1ccc(-c2cc(Br)[c]s2)cc1. The first-order chi connectivity index (χ1) is 9.79. The minimum absolute atomic E-state index is 1.05. The van der Waals surface area contributed by atoms with Gasteiger partial charge in [-0.15, -0.1) is 11.3 Å². The van der Waals surface area contributed by atoms with Gasteiger partial charge in [-0.2, -0.15) is 0 Å². The molecule has 1 aromatic carbocycles. The van der Waals surface area contributed by atoms with E-state index in [0.29, 0.717) is 0 Å². The number of hydrogen-bond donors (Lipinski definition) is 0.